The molecule has 12 heavy (non-hydrogen) atoms. The van der Waals surface area contributed by atoms with Crippen molar-refractivity contribution in [3.05, 3.63) is 0 Å². The second-order valence-electron chi connectivity index (χ2n) is 3.28. The lowest BCUT2D eigenvalue weighted by molar-refractivity contribution is -0.146. The number of rotatable bonds is 4. The van der Waals surface area contributed by atoms with Crippen molar-refractivity contribution in [2.75, 3.05) is 27.3 Å². The Labute approximate surface area is 73.1 Å². The summed E-state index contributed by atoms with van der Waals surface area (Å²) in [6.07, 6.45) is 0. The molecule has 0 aliphatic carbocycles. The molecule has 0 saturated carbocycles. The van der Waals surface area contributed by atoms with E-state index in [2.05, 4.69) is 0 Å². The summed E-state index contributed by atoms with van der Waals surface area (Å²) >= 11 is 0. The molecule has 4 heteroatoms. The van der Waals surface area contributed by atoms with Gasteiger partial charge in [-0.25, -0.2) is 0 Å². The van der Waals surface area contributed by atoms with E-state index in [0.717, 1.165) is 0 Å². The van der Waals surface area contributed by atoms with Gasteiger partial charge in [-0.2, -0.15) is 0 Å². The van der Waals surface area contributed by atoms with Crippen LogP contribution in [0.5, 0.6) is 0 Å². The van der Waals surface area contributed by atoms with Gasteiger partial charge in [0.15, 0.2) is 0 Å². The lowest BCUT2D eigenvalue weighted by Crippen LogP contribution is -2.44. The van der Waals surface area contributed by atoms with Gasteiger partial charge in [0.2, 0.25) is 0 Å². The molecule has 0 aromatic rings. The van der Waals surface area contributed by atoms with Crippen LogP contribution >= 0.6 is 0 Å². The second-order valence-corrected chi connectivity index (χ2v) is 3.28. The van der Waals surface area contributed by atoms with Crippen molar-refractivity contribution in [1.29, 1.82) is 0 Å². The molecule has 4 nitrogen and oxygen atoms in total. The first-order valence-electron chi connectivity index (χ1n) is 3.86. The van der Waals surface area contributed by atoms with E-state index in [9.17, 15) is 9.90 Å². The fourth-order valence-corrected chi connectivity index (χ4v) is 0.797. The van der Waals surface area contributed by atoms with Gasteiger partial charge in [0, 0.05) is 20.7 Å². The molecule has 0 rings (SSSR count). The molecule has 0 heterocycles. The van der Waals surface area contributed by atoms with Gasteiger partial charge in [0.25, 0.3) is 5.91 Å². The number of carbonyl (C=O) groups excluding carboxylic acids is 1. The third kappa shape index (κ3) is 3.69. The van der Waals surface area contributed by atoms with Crippen LogP contribution in [0.4, 0.5) is 0 Å². The minimum Gasteiger partial charge on any atom is -0.383 e. The molecule has 0 aliphatic heterocycles. The number of nitrogens with zero attached hydrogens (tertiary/aromatic N) is 1. The highest BCUT2D eigenvalue weighted by Crippen LogP contribution is 2.04. The van der Waals surface area contributed by atoms with E-state index in [4.69, 9.17) is 4.74 Å². The maximum Gasteiger partial charge on any atom is 0.253 e. The van der Waals surface area contributed by atoms with Gasteiger partial charge in [-0.3, -0.25) is 4.79 Å². The van der Waals surface area contributed by atoms with Crippen molar-refractivity contribution in [2.45, 2.75) is 19.4 Å². The highest BCUT2D eigenvalue weighted by molar-refractivity contribution is 5.83. The van der Waals surface area contributed by atoms with Crippen LogP contribution in [0, 0.1) is 0 Å². The Morgan fingerprint density at radius 1 is 1.58 bits per heavy atom. The number of amides is 1. The van der Waals surface area contributed by atoms with E-state index in [1.54, 1.807) is 14.2 Å². The van der Waals surface area contributed by atoms with E-state index < -0.39 is 5.60 Å². The van der Waals surface area contributed by atoms with Crippen LogP contribution in [0.25, 0.3) is 0 Å². The third-order valence-electron chi connectivity index (χ3n) is 1.50. The zero-order valence-electron chi connectivity index (χ0n) is 8.13. The van der Waals surface area contributed by atoms with E-state index in [-0.39, 0.29) is 5.91 Å². The molecule has 0 radical (unpaired) electrons. The molecule has 0 spiro atoms. The number of methoxy groups -OCH3 is 1. The Hall–Kier alpha value is -0.610. The first kappa shape index (κ1) is 11.4. The largest absolute Gasteiger partial charge is 0.383 e. The quantitative estimate of drug-likeness (QED) is 0.647. The normalized spacial score (nSPS) is 11.4. The van der Waals surface area contributed by atoms with Crippen LogP contribution in [0.1, 0.15) is 13.8 Å². The maximum atomic E-state index is 11.3. The molecule has 0 fully saturated rings. The summed E-state index contributed by atoms with van der Waals surface area (Å²) in [4.78, 5) is 12.7. The Morgan fingerprint density at radius 2 is 2.08 bits per heavy atom. The summed E-state index contributed by atoms with van der Waals surface area (Å²) < 4.78 is 4.80. The SMILES string of the molecule is COCCN(C)C(=O)C(C)(C)O. The van der Waals surface area contributed by atoms with E-state index in [0.29, 0.717) is 13.2 Å². The molecule has 0 unspecified atom stereocenters. The van der Waals surface area contributed by atoms with Gasteiger partial charge in [-0.05, 0) is 13.8 Å². The van der Waals surface area contributed by atoms with Gasteiger partial charge in [0.05, 0.1) is 6.61 Å². The minimum absolute atomic E-state index is 0.292. The Bertz CT molecular complexity index is 151. The molecule has 0 aromatic heterocycles. The van der Waals surface area contributed by atoms with Gasteiger partial charge < -0.3 is 14.7 Å². The highest BCUT2D eigenvalue weighted by atomic mass is 16.5. The third-order valence-corrected chi connectivity index (χ3v) is 1.50. The summed E-state index contributed by atoms with van der Waals surface area (Å²) in [5.74, 6) is -0.292. The summed E-state index contributed by atoms with van der Waals surface area (Å²) in [6.45, 7) is 3.93. The zero-order valence-corrected chi connectivity index (χ0v) is 8.13. The standard InChI is InChI=1S/C8H17NO3/c1-8(2,11)7(10)9(3)5-6-12-4/h11H,5-6H2,1-4H3. The van der Waals surface area contributed by atoms with Crippen molar-refractivity contribution >= 4 is 5.91 Å². The number of carbonyl (C=O) groups is 1. The molecular weight excluding hydrogens is 158 g/mol. The van der Waals surface area contributed by atoms with Crippen molar-refractivity contribution in [2.24, 2.45) is 0 Å². The van der Waals surface area contributed by atoms with Crippen LogP contribution < -0.4 is 0 Å². The number of ether oxygens (including phenoxy) is 1. The molecule has 0 aliphatic rings. The van der Waals surface area contributed by atoms with Crippen LogP contribution in [0.3, 0.4) is 0 Å². The highest BCUT2D eigenvalue weighted by Gasteiger charge is 2.26. The van der Waals surface area contributed by atoms with Crippen molar-refractivity contribution in [3.8, 4) is 0 Å². The predicted molar refractivity (Wildman–Crippen MR) is 45.8 cm³/mol. The first-order valence-corrected chi connectivity index (χ1v) is 3.86. The smallest absolute Gasteiger partial charge is 0.253 e. The molecule has 0 atom stereocenters. The lowest BCUT2D eigenvalue weighted by atomic mass is 10.1. The second kappa shape index (κ2) is 4.42. The molecule has 0 saturated heterocycles. The average molecular weight is 175 g/mol. The van der Waals surface area contributed by atoms with Crippen LogP contribution in [0.2, 0.25) is 0 Å². The molecular formula is C8H17NO3. The zero-order chi connectivity index (χ0) is 9.78. The lowest BCUT2D eigenvalue weighted by Gasteiger charge is -2.24. The van der Waals surface area contributed by atoms with E-state index in [1.165, 1.54) is 18.7 Å². The monoisotopic (exact) mass is 175 g/mol. The molecule has 0 aromatic carbocycles. The number of likely N-dealkylation sites (N-methyl/N-ethyl adjacent to an activating group) is 1. The predicted octanol–water partition coefficient (Wildman–Crippen LogP) is -0.138. The molecule has 72 valence electrons. The summed E-state index contributed by atoms with van der Waals surface area (Å²) in [5, 5.41) is 9.32. The number of hydrogen-bond donors (Lipinski definition) is 1. The Balaban J connectivity index is 3.94. The van der Waals surface area contributed by atoms with Gasteiger partial charge in [-0.15, -0.1) is 0 Å². The van der Waals surface area contributed by atoms with Crippen LogP contribution in [-0.2, 0) is 9.53 Å². The van der Waals surface area contributed by atoms with E-state index in [1.807, 2.05) is 0 Å². The number of hydrogen-bond acceptors (Lipinski definition) is 3. The summed E-state index contributed by atoms with van der Waals surface area (Å²) in [5.41, 5.74) is -1.29. The van der Waals surface area contributed by atoms with Crippen LogP contribution in [0.15, 0.2) is 0 Å². The van der Waals surface area contributed by atoms with Gasteiger partial charge in [0.1, 0.15) is 5.60 Å². The van der Waals surface area contributed by atoms with Gasteiger partial charge in [-0.1, -0.05) is 0 Å². The van der Waals surface area contributed by atoms with Gasteiger partial charge >= 0.3 is 0 Å². The van der Waals surface area contributed by atoms with Crippen molar-refractivity contribution in [3.63, 3.8) is 0 Å². The molecule has 1 N–H and O–H groups in total. The summed E-state index contributed by atoms with van der Waals surface area (Å²) in [6, 6.07) is 0. The number of aliphatic hydroxyl groups is 1. The molecule has 0 bridgehead atoms. The van der Waals surface area contributed by atoms with Crippen LogP contribution in [-0.4, -0.2) is 48.8 Å². The van der Waals surface area contributed by atoms with E-state index >= 15 is 0 Å². The van der Waals surface area contributed by atoms with Crippen molar-refractivity contribution in [1.82, 2.24) is 4.90 Å². The fraction of sp³-hybridized carbons (Fsp3) is 0.875. The van der Waals surface area contributed by atoms with Crippen molar-refractivity contribution < 1.29 is 14.6 Å². The summed E-state index contributed by atoms with van der Waals surface area (Å²) in [7, 11) is 3.21. The minimum atomic E-state index is -1.29. The Morgan fingerprint density at radius 3 is 2.42 bits per heavy atom. The first-order chi connectivity index (χ1) is 5.39. The maximum absolute atomic E-state index is 11.3. The average Bonchev–Trinajstić information content (AvgIpc) is 1.97. The topological polar surface area (TPSA) is 49.8 Å². The fourth-order valence-electron chi connectivity index (χ4n) is 0.797. The Kier molecular flexibility index (Phi) is 4.20. The molecule has 1 amide bonds.